The first kappa shape index (κ1) is 23.7. The number of aromatic nitrogens is 3. The molecule has 33 heavy (non-hydrogen) atoms. The van der Waals surface area contributed by atoms with Crippen LogP contribution in [0.3, 0.4) is 0 Å². The Bertz CT molecular complexity index is 1040. The largest absolute Gasteiger partial charge is 0.352 e. The lowest BCUT2D eigenvalue weighted by molar-refractivity contribution is 0.360. The number of rotatable bonds is 8. The van der Waals surface area contributed by atoms with E-state index in [-0.39, 0.29) is 5.54 Å². The van der Waals surface area contributed by atoms with Crippen LogP contribution in [0.1, 0.15) is 91.2 Å². The Labute approximate surface area is 199 Å². The SMILES string of the molecule is CCCC(C)Nc1ncc2c(-c3ccc(CNC(C)(C)C)cc3)cn(C3CCCCC3)c2n1. The van der Waals surface area contributed by atoms with Crippen LogP contribution in [0.5, 0.6) is 0 Å². The number of nitrogens with one attached hydrogen (secondary N) is 2. The van der Waals surface area contributed by atoms with E-state index in [1.165, 1.54) is 48.8 Å². The van der Waals surface area contributed by atoms with Gasteiger partial charge in [0.25, 0.3) is 0 Å². The summed E-state index contributed by atoms with van der Waals surface area (Å²) in [6, 6.07) is 9.87. The van der Waals surface area contributed by atoms with Crippen molar-refractivity contribution in [1.29, 1.82) is 0 Å². The maximum Gasteiger partial charge on any atom is 0.224 e. The van der Waals surface area contributed by atoms with E-state index in [1.54, 1.807) is 0 Å². The molecular weight excluding hydrogens is 406 g/mol. The van der Waals surface area contributed by atoms with Crippen LogP contribution in [0.4, 0.5) is 5.95 Å². The van der Waals surface area contributed by atoms with E-state index in [0.717, 1.165) is 36.4 Å². The van der Waals surface area contributed by atoms with Crippen LogP contribution in [-0.4, -0.2) is 26.1 Å². The van der Waals surface area contributed by atoms with Gasteiger partial charge < -0.3 is 15.2 Å². The van der Waals surface area contributed by atoms with Crippen LogP contribution in [0, 0.1) is 0 Å². The van der Waals surface area contributed by atoms with Crippen LogP contribution in [0.25, 0.3) is 22.2 Å². The first-order chi connectivity index (χ1) is 15.8. The van der Waals surface area contributed by atoms with Crippen LogP contribution in [-0.2, 0) is 6.54 Å². The van der Waals surface area contributed by atoms with Crippen molar-refractivity contribution >= 4 is 17.0 Å². The molecule has 2 aromatic heterocycles. The molecule has 1 unspecified atom stereocenters. The molecule has 4 rings (SSSR count). The Balaban J connectivity index is 1.67. The zero-order valence-electron chi connectivity index (χ0n) is 21.1. The third-order valence-corrected chi connectivity index (χ3v) is 6.72. The molecular formula is C28H41N5. The van der Waals surface area contributed by atoms with Gasteiger partial charge in [0, 0.05) is 47.5 Å². The molecule has 178 valence electrons. The summed E-state index contributed by atoms with van der Waals surface area (Å²) in [7, 11) is 0. The number of fused-ring (bicyclic) bond motifs is 1. The summed E-state index contributed by atoms with van der Waals surface area (Å²) in [6.45, 7) is 11.9. The lowest BCUT2D eigenvalue weighted by Crippen LogP contribution is -2.35. The Kier molecular flexibility index (Phi) is 7.38. The fraction of sp³-hybridized carbons (Fsp3) is 0.571. The first-order valence-electron chi connectivity index (χ1n) is 12.8. The summed E-state index contributed by atoms with van der Waals surface area (Å²) in [4.78, 5) is 9.73. The van der Waals surface area contributed by atoms with Crippen molar-refractivity contribution in [1.82, 2.24) is 19.9 Å². The van der Waals surface area contributed by atoms with Crippen molar-refractivity contribution < 1.29 is 0 Å². The van der Waals surface area contributed by atoms with Crippen molar-refractivity contribution in [3.63, 3.8) is 0 Å². The Hall–Kier alpha value is -2.40. The quantitative estimate of drug-likeness (QED) is 0.387. The van der Waals surface area contributed by atoms with E-state index in [9.17, 15) is 0 Å². The molecule has 0 spiro atoms. The predicted molar refractivity (Wildman–Crippen MR) is 140 cm³/mol. The average molecular weight is 448 g/mol. The standard InChI is InChI=1S/C28H41N5/c1-6-10-20(2)31-27-29-18-24-25(19-33(26(24)32-27)23-11-8-7-9-12-23)22-15-13-21(14-16-22)17-30-28(3,4)5/h13-16,18-20,23,30H,6-12,17H2,1-5H3,(H,29,31,32). The molecule has 0 amide bonds. The summed E-state index contributed by atoms with van der Waals surface area (Å²) in [5, 5.41) is 8.23. The van der Waals surface area contributed by atoms with Gasteiger partial charge in [0.1, 0.15) is 5.65 Å². The molecule has 2 N–H and O–H groups in total. The summed E-state index contributed by atoms with van der Waals surface area (Å²) < 4.78 is 2.44. The van der Waals surface area contributed by atoms with Gasteiger partial charge in [-0.2, -0.15) is 4.98 Å². The van der Waals surface area contributed by atoms with Crippen LogP contribution in [0.15, 0.2) is 36.7 Å². The summed E-state index contributed by atoms with van der Waals surface area (Å²) in [5.41, 5.74) is 4.95. The fourth-order valence-electron chi connectivity index (χ4n) is 4.86. The Morgan fingerprint density at radius 3 is 2.48 bits per heavy atom. The van der Waals surface area contributed by atoms with Crippen LogP contribution >= 0.6 is 0 Å². The second-order valence-corrected chi connectivity index (χ2v) is 10.8. The third-order valence-electron chi connectivity index (χ3n) is 6.72. The second kappa shape index (κ2) is 10.3. The normalized spacial score (nSPS) is 16.3. The molecule has 3 aromatic rings. The molecule has 5 nitrogen and oxygen atoms in total. The lowest BCUT2D eigenvalue weighted by Gasteiger charge is -2.24. The summed E-state index contributed by atoms with van der Waals surface area (Å²) >= 11 is 0. The van der Waals surface area contributed by atoms with E-state index in [1.807, 2.05) is 6.20 Å². The maximum absolute atomic E-state index is 5.02. The molecule has 1 aromatic carbocycles. The first-order valence-corrected chi connectivity index (χ1v) is 12.8. The predicted octanol–water partition coefficient (Wildman–Crippen LogP) is 7.09. The number of benzene rings is 1. The molecule has 1 aliphatic rings. The minimum absolute atomic E-state index is 0.115. The van der Waals surface area contributed by atoms with Gasteiger partial charge in [0.05, 0.1) is 0 Å². The second-order valence-electron chi connectivity index (χ2n) is 10.8. The molecule has 0 aliphatic heterocycles. The van der Waals surface area contributed by atoms with E-state index < -0.39 is 0 Å². The van der Waals surface area contributed by atoms with Gasteiger partial charge in [0.2, 0.25) is 5.95 Å². The molecule has 0 saturated heterocycles. The highest BCUT2D eigenvalue weighted by molar-refractivity contribution is 5.94. The van der Waals surface area contributed by atoms with Gasteiger partial charge in [-0.05, 0) is 58.1 Å². The zero-order chi connectivity index (χ0) is 23.4. The van der Waals surface area contributed by atoms with E-state index in [4.69, 9.17) is 9.97 Å². The van der Waals surface area contributed by atoms with Gasteiger partial charge in [0.15, 0.2) is 0 Å². The summed E-state index contributed by atoms with van der Waals surface area (Å²) in [6.07, 6.45) is 13.1. The van der Waals surface area contributed by atoms with Crippen molar-refractivity contribution in [2.45, 2.75) is 104 Å². The molecule has 1 fully saturated rings. The third kappa shape index (κ3) is 5.94. The highest BCUT2D eigenvalue weighted by Crippen LogP contribution is 2.36. The van der Waals surface area contributed by atoms with Gasteiger partial charge in [-0.1, -0.05) is 56.9 Å². The number of hydrogen-bond acceptors (Lipinski definition) is 4. The minimum Gasteiger partial charge on any atom is -0.352 e. The van der Waals surface area contributed by atoms with Crippen molar-refractivity contribution in [2.75, 3.05) is 5.32 Å². The average Bonchev–Trinajstić information content (AvgIpc) is 3.17. The molecule has 0 bridgehead atoms. The zero-order valence-corrected chi connectivity index (χ0v) is 21.1. The lowest BCUT2D eigenvalue weighted by atomic mass is 9.95. The topological polar surface area (TPSA) is 54.8 Å². The molecule has 1 saturated carbocycles. The van der Waals surface area contributed by atoms with Crippen molar-refractivity contribution in [2.24, 2.45) is 0 Å². The van der Waals surface area contributed by atoms with Crippen LogP contribution < -0.4 is 10.6 Å². The smallest absolute Gasteiger partial charge is 0.224 e. The molecule has 2 heterocycles. The summed E-state index contributed by atoms with van der Waals surface area (Å²) in [5.74, 6) is 0.744. The van der Waals surface area contributed by atoms with E-state index in [0.29, 0.717) is 12.1 Å². The van der Waals surface area contributed by atoms with Crippen LogP contribution in [0.2, 0.25) is 0 Å². The molecule has 0 radical (unpaired) electrons. The molecule has 5 heteroatoms. The molecule has 1 atom stereocenters. The molecule has 1 aliphatic carbocycles. The highest BCUT2D eigenvalue weighted by Gasteiger charge is 2.21. The number of anilines is 1. The Morgan fingerprint density at radius 2 is 1.82 bits per heavy atom. The van der Waals surface area contributed by atoms with E-state index >= 15 is 0 Å². The Morgan fingerprint density at radius 1 is 1.09 bits per heavy atom. The fourth-order valence-corrected chi connectivity index (χ4v) is 4.86. The number of nitrogens with zero attached hydrogens (tertiary/aromatic N) is 3. The monoisotopic (exact) mass is 447 g/mol. The van der Waals surface area contributed by atoms with Crippen molar-refractivity contribution in [3.05, 3.63) is 42.2 Å². The minimum atomic E-state index is 0.115. The van der Waals surface area contributed by atoms with Gasteiger partial charge in [-0.3, -0.25) is 0 Å². The number of hydrogen-bond donors (Lipinski definition) is 2. The van der Waals surface area contributed by atoms with Crippen molar-refractivity contribution in [3.8, 4) is 11.1 Å². The van der Waals surface area contributed by atoms with Gasteiger partial charge in [-0.25, -0.2) is 4.98 Å². The van der Waals surface area contributed by atoms with Gasteiger partial charge >= 0.3 is 0 Å². The maximum atomic E-state index is 5.02. The van der Waals surface area contributed by atoms with E-state index in [2.05, 4.69) is 80.3 Å². The highest BCUT2D eigenvalue weighted by atomic mass is 15.2. The van der Waals surface area contributed by atoms with Gasteiger partial charge in [-0.15, -0.1) is 0 Å².